The van der Waals surface area contributed by atoms with Gasteiger partial charge in [-0.2, -0.15) is 0 Å². The highest BCUT2D eigenvalue weighted by atomic mass is 31.2. The Kier molecular flexibility index (Phi) is 11.6. The third-order valence-corrected chi connectivity index (χ3v) is 2.64. The smallest absolute Gasteiger partial charge is 0.394 e. The maximum atomic E-state index is 10.7. The molecule has 0 aliphatic rings. The Labute approximate surface area is 122 Å². The predicted molar refractivity (Wildman–Crippen MR) is 71.6 cm³/mol. The Balaban J connectivity index is 0. The maximum absolute atomic E-state index is 10.7. The molecule has 126 valence electrons. The summed E-state index contributed by atoms with van der Waals surface area (Å²) in [6.07, 6.45) is 0. The second kappa shape index (κ2) is 10.8. The summed E-state index contributed by atoms with van der Waals surface area (Å²) in [5.41, 5.74) is 3.99. The Morgan fingerprint density at radius 3 is 1.95 bits per heavy atom. The summed E-state index contributed by atoms with van der Waals surface area (Å²) < 4.78 is 18.9. The van der Waals surface area contributed by atoms with Crippen LogP contribution in [0.5, 0.6) is 0 Å². The van der Waals surface area contributed by atoms with Crippen LogP contribution in [0.25, 0.3) is 0 Å². The Hall–Kier alpha value is -0.840. The van der Waals surface area contributed by atoms with Gasteiger partial charge in [-0.15, -0.1) is 0 Å². The fourth-order valence-electron chi connectivity index (χ4n) is 0.487. The summed E-state index contributed by atoms with van der Waals surface area (Å²) in [5.74, 6) is -0.922. The summed E-state index contributed by atoms with van der Waals surface area (Å²) in [6.45, 7) is 4.86. The van der Waals surface area contributed by atoms with Crippen molar-refractivity contribution in [1.29, 1.82) is 0 Å². The number of carbonyl (C=O) groups is 1. The molecule has 0 amide bonds. The fraction of sp³-hybridized carbons (Fsp3) is 0.700. The van der Waals surface area contributed by atoms with Crippen molar-refractivity contribution in [3.63, 3.8) is 0 Å². The molecule has 0 aliphatic carbocycles. The molecule has 0 fully saturated rings. The summed E-state index contributed by atoms with van der Waals surface area (Å²) in [5, 5.41) is 25.0. The van der Waals surface area contributed by atoms with Gasteiger partial charge in [-0.05, 0) is 13.8 Å². The van der Waals surface area contributed by atoms with Gasteiger partial charge in [0.15, 0.2) is 0 Å². The van der Waals surface area contributed by atoms with Gasteiger partial charge in [0.1, 0.15) is 0 Å². The van der Waals surface area contributed by atoms with E-state index in [0.29, 0.717) is 0 Å². The molecule has 0 bridgehead atoms. The fourth-order valence-corrected chi connectivity index (χ4v) is 1.02. The van der Waals surface area contributed by atoms with Crippen LogP contribution in [0.4, 0.5) is 0 Å². The second-order valence-corrected chi connectivity index (χ2v) is 5.29. The summed E-state index contributed by atoms with van der Waals surface area (Å²) in [7, 11) is -4.27. The van der Waals surface area contributed by atoms with Crippen LogP contribution in [0.2, 0.25) is 0 Å². The minimum absolute atomic E-state index is 0.0294. The quantitative estimate of drug-likeness (QED) is 0.158. The van der Waals surface area contributed by atoms with Gasteiger partial charge in [0.25, 0.3) is 0 Å². The van der Waals surface area contributed by atoms with Gasteiger partial charge in [0.2, 0.25) is 0 Å². The van der Waals surface area contributed by atoms with Crippen LogP contribution in [-0.4, -0.2) is 58.1 Å². The van der Waals surface area contributed by atoms with Crippen LogP contribution in [0.1, 0.15) is 13.8 Å². The van der Waals surface area contributed by atoms with E-state index in [1.807, 2.05) is 0 Å². The highest BCUT2D eigenvalue weighted by Crippen LogP contribution is 2.43. The van der Waals surface area contributed by atoms with E-state index < -0.39 is 39.2 Å². The number of aliphatic hydroxyl groups excluding tert-OH is 3. The molecule has 0 heterocycles. The van der Waals surface area contributed by atoms with E-state index in [2.05, 4.69) is 20.7 Å². The minimum Gasteiger partial charge on any atom is -0.394 e. The Morgan fingerprint density at radius 2 is 1.71 bits per heavy atom. The van der Waals surface area contributed by atoms with Gasteiger partial charge in [0.05, 0.1) is 32.0 Å². The number of hydrogen-bond donors (Lipinski definition) is 5. The van der Waals surface area contributed by atoms with Crippen molar-refractivity contribution in [3.05, 3.63) is 12.2 Å². The number of rotatable bonds is 8. The van der Waals surface area contributed by atoms with Crippen LogP contribution in [0.3, 0.4) is 0 Å². The van der Waals surface area contributed by atoms with Gasteiger partial charge < -0.3 is 25.9 Å². The monoisotopic (exact) mass is 331 g/mol. The largest absolute Gasteiger partial charge is 0.508 e. The lowest BCUT2D eigenvalue weighted by atomic mass is 10.1. The van der Waals surface area contributed by atoms with Gasteiger partial charge in [0, 0.05) is 5.57 Å². The van der Waals surface area contributed by atoms with Crippen molar-refractivity contribution in [2.75, 3.05) is 26.4 Å². The SMILES string of the molecule is C=C(C)C(=O)OOP(=O)(O)OCC.NC(CO)(CO)CO. The van der Waals surface area contributed by atoms with E-state index in [9.17, 15) is 9.36 Å². The molecule has 1 atom stereocenters. The highest BCUT2D eigenvalue weighted by Gasteiger charge is 2.24. The van der Waals surface area contributed by atoms with E-state index in [1.165, 1.54) is 13.8 Å². The first-order chi connectivity index (χ1) is 9.57. The number of phosphoric acid groups is 1. The van der Waals surface area contributed by atoms with Gasteiger partial charge >= 0.3 is 13.8 Å². The van der Waals surface area contributed by atoms with Crippen LogP contribution in [0, 0.1) is 0 Å². The summed E-state index contributed by atoms with van der Waals surface area (Å²) >= 11 is 0. The maximum Gasteiger partial charge on any atom is 0.508 e. The molecule has 0 aromatic carbocycles. The third kappa shape index (κ3) is 11.5. The molecule has 10 nitrogen and oxygen atoms in total. The summed E-state index contributed by atoms with van der Waals surface area (Å²) in [6, 6.07) is 0. The van der Waals surface area contributed by atoms with Gasteiger partial charge in [-0.1, -0.05) is 11.3 Å². The predicted octanol–water partition coefficient (Wildman–Crippen LogP) is -1.16. The molecule has 1 unspecified atom stereocenters. The van der Waals surface area contributed by atoms with Gasteiger partial charge in [-0.3, -0.25) is 9.41 Å². The van der Waals surface area contributed by atoms with Gasteiger partial charge in [-0.25, -0.2) is 9.36 Å². The summed E-state index contributed by atoms with van der Waals surface area (Å²) in [4.78, 5) is 23.4. The topological polar surface area (TPSA) is 169 Å². The molecular weight excluding hydrogens is 309 g/mol. The normalized spacial score (nSPS) is 13.7. The number of aliphatic hydroxyl groups is 3. The molecule has 11 heteroatoms. The second-order valence-electron chi connectivity index (χ2n) is 3.95. The van der Waals surface area contributed by atoms with E-state index in [0.717, 1.165) is 0 Å². The van der Waals surface area contributed by atoms with Crippen LogP contribution in [-0.2, 0) is 23.4 Å². The van der Waals surface area contributed by atoms with Crippen molar-refractivity contribution >= 4 is 13.8 Å². The first-order valence-electron chi connectivity index (χ1n) is 5.72. The van der Waals surface area contributed by atoms with Crippen LogP contribution >= 0.6 is 7.82 Å². The van der Waals surface area contributed by atoms with Crippen molar-refractivity contribution < 1.29 is 43.7 Å². The molecule has 6 N–H and O–H groups in total. The average molecular weight is 331 g/mol. The average Bonchev–Trinajstić information content (AvgIpc) is 2.44. The molecule has 0 saturated carbocycles. The zero-order chi connectivity index (χ0) is 17.1. The standard InChI is InChI=1S/C6H11O6P.C4H11NO3/c1-4-10-13(8,9)12-11-6(7)5(2)3;5-4(1-6,2-7)3-8/h2,4H2,1,3H3,(H,8,9);6-8H,1-3,5H2. The first kappa shape index (κ1) is 22.4. The zero-order valence-corrected chi connectivity index (χ0v) is 12.8. The Bertz CT molecular complexity index is 361. The molecule has 0 aromatic heterocycles. The molecule has 0 saturated heterocycles. The number of carbonyl (C=O) groups excluding carboxylic acids is 1. The number of nitrogens with two attached hydrogens (primary N) is 1. The van der Waals surface area contributed by atoms with E-state index in [1.54, 1.807) is 0 Å². The minimum atomic E-state index is -4.27. The first-order valence-corrected chi connectivity index (χ1v) is 7.22. The van der Waals surface area contributed by atoms with Crippen molar-refractivity contribution in [2.24, 2.45) is 5.73 Å². The van der Waals surface area contributed by atoms with Crippen molar-refractivity contribution in [3.8, 4) is 0 Å². The van der Waals surface area contributed by atoms with E-state index in [-0.39, 0.29) is 12.2 Å². The van der Waals surface area contributed by atoms with Crippen molar-refractivity contribution in [1.82, 2.24) is 0 Å². The molecule has 0 radical (unpaired) electrons. The van der Waals surface area contributed by atoms with Crippen LogP contribution in [0.15, 0.2) is 12.2 Å². The molecule has 0 aliphatic heterocycles. The lowest BCUT2D eigenvalue weighted by Gasteiger charge is -2.20. The van der Waals surface area contributed by atoms with E-state index >= 15 is 0 Å². The molecule has 21 heavy (non-hydrogen) atoms. The molecular formula is C10H22NO9P. The molecule has 0 aromatic rings. The number of hydrogen-bond acceptors (Lipinski definition) is 9. The molecule has 0 rings (SSSR count). The van der Waals surface area contributed by atoms with E-state index in [4.69, 9.17) is 25.9 Å². The van der Waals surface area contributed by atoms with Crippen LogP contribution < -0.4 is 5.73 Å². The number of phosphoric ester groups is 1. The molecule has 0 spiro atoms. The Morgan fingerprint density at radius 1 is 1.29 bits per heavy atom. The lowest BCUT2D eigenvalue weighted by Crippen LogP contribution is -2.50. The zero-order valence-electron chi connectivity index (χ0n) is 11.9. The third-order valence-electron chi connectivity index (χ3n) is 1.79. The highest BCUT2D eigenvalue weighted by molar-refractivity contribution is 7.47. The lowest BCUT2D eigenvalue weighted by molar-refractivity contribution is -0.218. The van der Waals surface area contributed by atoms with Crippen molar-refractivity contribution in [2.45, 2.75) is 19.4 Å².